The van der Waals surface area contributed by atoms with Gasteiger partial charge in [0.15, 0.2) is 0 Å². The number of nitrogens with zero attached hydrogens (tertiary/aromatic N) is 1. The van der Waals surface area contributed by atoms with Gasteiger partial charge in [0.2, 0.25) is 5.91 Å². The Labute approximate surface area is 130 Å². The molecule has 1 aromatic rings. The van der Waals surface area contributed by atoms with Crippen molar-refractivity contribution in [3.63, 3.8) is 0 Å². The number of hydrogen-bond donors (Lipinski definition) is 2. The first-order chi connectivity index (χ1) is 10.5. The molecule has 2 N–H and O–H groups in total. The third-order valence-electron chi connectivity index (χ3n) is 2.91. The van der Waals surface area contributed by atoms with Gasteiger partial charge in [-0.05, 0) is 31.0 Å². The van der Waals surface area contributed by atoms with Crippen LogP contribution in [-0.4, -0.2) is 35.7 Å². The summed E-state index contributed by atoms with van der Waals surface area (Å²) in [5.74, 6) is -1.40. The first-order valence-corrected chi connectivity index (χ1v) is 7.45. The average molecular weight is 305 g/mol. The summed E-state index contributed by atoms with van der Waals surface area (Å²) < 4.78 is 0. The van der Waals surface area contributed by atoms with Crippen molar-refractivity contribution in [3.05, 3.63) is 24.3 Å². The van der Waals surface area contributed by atoms with Crippen LogP contribution >= 0.6 is 0 Å². The fraction of sp³-hybridized carbons (Fsp3) is 0.438. The third kappa shape index (κ3) is 5.55. The van der Waals surface area contributed by atoms with E-state index in [1.54, 1.807) is 29.2 Å². The van der Waals surface area contributed by atoms with Gasteiger partial charge in [0.1, 0.15) is 0 Å². The van der Waals surface area contributed by atoms with Gasteiger partial charge < -0.3 is 15.5 Å². The largest absolute Gasteiger partial charge is 0.334 e. The minimum absolute atomic E-state index is 0.198. The fourth-order valence-corrected chi connectivity index (χ4v) is 2.06. The smallest absolute Gasteiger partial charge is 0.313 e. The molecule has 0 heterocycles. The van der Waals surface area contributed by atoms with Gasteiger partial charge in [-0.25, -0.2) is 0 Å². The van der Waals surface area contributed by atoms with E-state index in [2.05, 4.69) is 10.6 Å². The lowest BCUT2D eigenvalue weighted by Gasteiger charge is -2.20. The van der Waals surface area contributed by atoms with Crippen LogP contribution in [0.5, 0.6) is 0 Å². The number of carbonyl (C=O) groups is 3. The minimum atomic E-state index is -0.665. The number of carbonyl (C=O) groups excluding carboxylic acids is 3. The van der Waals surface area contributed by atoms with Crippen molar-refractivity contribution in [1.82, 2.24) is 4.90 Å². The predicted molar refractivity (Wildman–Crippen MR) is 86.5 cm³/mol. The monoisotopic (exact) mass is 305 g/mol. The van der Waals surface area contributed by atoms with Crippen molar-refractivity contribution in [2.75, 3.05) is 23.7 Å². The van der Waals surface area contributed by atoms with Gasteiger partial charge >= 0.3 is 11.8 Å². The van der Waals surface area contributed by atoms with E-state index in [9.17, 15) is 14.4 Å². The Kier molecular flexibility index (Phi) is 7.08. The van der Waals surface area contributed by atoms with E-state index >= 15 is 0 Å². The highest BCUT2D eigenvalue weighted by Gasteiger charge is 2.20. The molecule has 0 bridgehead atoms. The van der Waals surface area contributed by atoms with Crippen LogP contribution in [0.3, 0.4) is 0 Å². The van der Waals surface area contributed by atoms with Gasteiger partial charge in [0.25, 0.3) is 0 Å². The predicted octanol–water partition coefficient (Wildman–Crippen LogP) is 2.23. The Morgan fingerprint density at radius 3 is 2.05 bits per heavy atom. The maximum atomic E-state index is 12.1. The van der Waals surface area contributed by atoms with Crippen LogP contribution < -0.4 is 10.6 Å². The molecule has 0 aliphatic heterocycles. The van der Waals surface area contributed by atoms with Crippen LogP contribution in [0.1, 0.15) is 33.6 Å². The van der Waals surface area contributed by atoms with Crippen LogP contribution in [0.15, 0.2) is 24.3 Å². The van der Waals surface area contributed by atoms with Crippen molar-refractivity contribution in [2.45, 2.75) is 33.6 Å². The molecule has 0 fully saturated rings. The minimum Gasteiger partial charge on any atom is -0.334 e. The normalized spacial score (nSPS) is 9.95. The van der Waals surface area contributed by atoms with Crippen LogP contribution in [0.25, 0.3) is 0 Å². The molecular weight excluding hydrogens is 282 g/mol. The van der Waals surface area contributed by atoms with Gasteiger partial charge in [0, 0.05) is 31.4 Å². The zero-order chi connectivity index (χ0) is 16.5. The van der Waals surface area contributed by atoms with Crippen LogP contribution in [-0.2, 0) is 14.4 Å². The Balaban J connectivity index is 2.74. The molecule has 0 aromatic heterocycles. The van der Waals surface area contributed by atoms with Gasteiger partial charge in [-0.1, -0.05) is 19.9 Å². The standard InChI is InChI=1S/C16H23N3O3/c1-4-9-19(10-5-2)16(22)15(21)18-14-8-6-7-13(11-14)17-12(3)20/h6-8,11H,4-5,9-10H2,1-3H3,(H,17,20)(H,18,21). The molecule has 0 saturated heterocycles. The van der Waals surface area contributed by atoms with Crippen LogP contribution in [0, 0.1) is 0 Å². The van der Waals surface area contributed by atoms with E-state index in [-0.39, 0.29) is 5.91 Å². The van der Waals surface area contributed by atoms with Crippen molar-refractivity contribution >= 4 is 29.1 Å². The van der Waals surface area contributed by atoms with E-state index in [0.29, 0.717) is 24.5 Å². The fourth-order valence-electron chi connectivity index (χ4n) is 2.06. The van der Waals surface area contributed by atoms with E-state index in [4.69, 9.17) is 0 Å². The van der Waals surface area contributed by atoms with Crippen molar-refractivity contribution < 1.29 is 14.4 Å². The number of amides is 3. The number of hydrogen-bond acceptors (Lipinski definition) is 3. The summed E-state index contributed by atoms with van der Waals surface area (Å²) in [7, 11) is 0. The molecule has 6 nitrogen and oxygen atoms in total. The number of anilines is 2. The van der Waals surface area contributed by atoms with Crippen molar-refractivity contribution in [2.24, 2.45) is 0 Å². The highest BCUT2D eigenvalue weighted by molar-refractivity contribution is 6.39. The zero-order valence-electron chi connectivity index (χ0n) is 13.3. The molecule has 0 saturated carbocycles. The zero-order valence-corrected chi connectivity index (χ0v) is 13.3. The second-order valence-electron chi connectivity index (χ2n) is 5.01. The Bertz CT molecular complexity index is 537. The number of benzene rings is 1. The van der Waals surface area contributed by atoms with Crippen molar-refractivity contribution in [1.29, 1.82) is 0 Å². The van der Waals surface area contributed by atoms with Gasteiger partial charge in [0.05, 0.1) is 0 Å². The quantitative estimate of drug-likeness (QED) is 0.791. The molecular formula is C16H23N3O3. The Morgan fingerprint density at radius 1 is 1.00 bits per heavy atom. The van der Waals surface area contributed by atoms with Gasteiger partial charge in [-0.15, -0.1) is 0 Å². The molecule has 22 heavy (non-hydrogen) atoms. The molecule has 0 aliphatic carbocycles. The molecule has 6 heteroatoms. The molecule has 0 aliphatic rings. The van der Waals surface area contributed by atoms with Crippen molar-refractivity contribution in [3.8, 4) is 0 Å². The molecule has 0 spiro atoms. The molecule has 0 radical (unpaired) electrons. The summed E-state index contributed by atoms with van der Waals surface area (Å²) in [5.41, 5.74) is 1.04. The molecule has 1 aromatic carbocycles. The SMILES string of the molecule is CCCN(CCC)C(=O)C(=O)Nc1cccc(NC(C)=O)c1. The van der Waals surface area contributed by atoms with E-state index in [0.717, 1.165) is 12.8 Å². The first kappa shape index (κ1) is 17.7. The summed E-state index contributed by atoms with van der Waals surface area (Å²) in [5, 5.41) is 5.20. The van der Waals surface area contributed by atoms with Crippen LogP contribution in [0.2, 0.25) is 0 Å². The molecule has 3 amide bonds. The average Bonchev–Trinajstić information content (AvgIpc) is 2.46. The summed E-state index contributed by atoms with van der Waals surface area (Å²) >= 11 is 0. The second kappa shape index (κ2) is 8.81. The summed E-state index contributed by atoms with van der Waals surface area (Å²) in [6.07, 6.45) is 1.61. The molecule has 120 valence electrons. The summed E-state index contributed by atoms with van der Waals surface area (Å²) in [6, 6.07) is 6.68. The Hall–Kier alpha value is -2.37. The first-order valence-electron chi connectivity index (χ1n) is 7.45. The van der Waals surface area contributed by atoms with E-state index in [1.165, 1.54) is 6.92 Å². The Morgan fingerprint density at radius 2 is 1.55 bits per heavy atom. The lowest BCUT2D eigenvalue weighted by atomic mass is 10.2. The molecule has 0 atom stereocenters. The molecule has 0 unspecified atom stereocenters. The second-order valence-corrected chi connectivity index (χ2v) is 5.01. The van der Waals surface area contributed by atoms with Gasteiger partial charge in [-0.2, -0.15) is 0 Å². The van der Waals surface area contributed by atoms with E-state index < -0.39 is 11.8 Å². The molecule has 1 rings (SSSR count). The summed E-state index contributed by atoms with van der Waals surface area (Å²) in [6.45, 7) is 6.45. The highest BCUT2D eigenvalue weighted by Crippen LogP contribution is 2.15. The van der Waals surface area contributed by atoms with Gasteiger partial charge in [-0.3, -0.25) is 14.4 Å². The van der Waals surface area contributed by atoms with E-state index in [1.807, 2.05) is 13.8 Å². The highest BCUT2D eigenvalue weighted by atomic mass is 16.2. The number of nitrogens with one attached hydrogen (secondary N) is 2. The van der Waals surface area contributed by atoms with Crippen LogP contribution in [0.4, 0.5) is 11.4 Å². The maximum absolute atomic E-state index is 12.1. The number of rotatable bonds is 6. The summed E-state index contributed by atoms with van der Waals surface area (Å²) in [4.78, 5) is 36.8. The third-order valence-corrected chi connectivity index (χ3v) is 2.91. The topological polar surface area (TPSA) is 78.5 Å². The lowest BCUT2D eigenvalue weighted by molar-refractivity contribution is -0.143. The lowest BCUT2D eigenvalue weighted by Crippen LogP contribution is -2.40. The maximum Gasteiger partial charge on any atom is 0.313 e.